The summed E-state index contributed by atoms with van der Waals surface area (Å²) in [6.07, 6.45) is 0. The van der Waals surface area contributed by atoms with Crippen molar-refractivity contribution in [2.45, 2.75) is 0 Å². The fourth-order valence-corrected chi connectivity index (χ4v) is 0. The van der Waals surface area contributed by atoms with E-state index in [4.69, 9.17) is 7.85 Å². The largest absolute Gasteiger partial charge is 0.323 e. The molecule has 0 fully saturated rings. The maximum Gasteiger partial charge on any atom is 0 e. The van der Waals surface area contributed by atoms with Crippen molar-refractivity contribution in [3.63, 3.8) is 0 Å². The van der Waals surface area contributed by atoms with Gasteiger partial charge in [-0.25, -0.2) is 0 Å². The number of hydrogen-bond donors (Lipinski definition) is 0. The van der Waals surface area contributed by atoms with E-state index in [-0.39, 0.29) is 21.1 Å². The molecule has 0 heterocycles. The van der Waals surface area contributed by atoms with Gasteiger partial charge in [0.15, 0.2) is 0 Å². The third kappa shape index (κ3) is 9.76. The van der Waals surface area contributed by atoms with Crippen LogP contribution in [0.1, 0.15) is 0 Å². The van der Waals surface area contributed by atoms with Crippen LogP contribution in [0.3, 0.4) is 0 Å². The average Bonchev–Trinajstić information content (AvgIpc) is 0.918. The number of hydrogen-bond acceptors (Lipinski definition) is 0. The summed E-state index contributed by atoms with van der Waals surface area (Å²) in [5.74, 6) is 0. The van der Waals surface area contributed by atoms with E-state index >= 15 is 0 Å². The molecule has 0 aliphatic heterocycles. The number of rotatable bonds is 0. The summed E-state index contributed by atoms with van der Waals surface area (Å²) in [5.41, 5.74) is 0. The molecule has 0 rings (SSSR count). The molecule has 4 heavy (non-hydrogen) atoms. The van der Waals surface area contributed by atoms with Crippen molar-refractivity contribution in [2.75, 3.05) is 0 Å². The molecule has 0 saturated carbocycles. The zero-order valence-corrected chi connectivity index (χ0v) is 7.03. The van der Waals surface area contributed by atoms with Crippen molar-refractivity contribution < 1.29 is 21.1 Å². The topological polar surface area (TPSA) is 0 Å². The molecule has 0 nitrogen and oxygen atoms in total. The molecule has 0 atom stereocenters. The Morgan fingerprint density at radius 2 is 1.75 bits per heavy atom. The van der Waals surface area contributed by atoms with Crippen molar-refractivity contribution in [2.24, 2.45) is 0 Å². The maximum atomic E-state index is 4.71. The summed E-state index contributed by atoms with van der Waals surface area (Å²) in [6.45, 7) is 0. The monoisotopic (exact) mass is 335 g/mol. The second-order valence-electron chi connectivity index (χ2n) is 0.126. The summed E-state index contributed by atoms with van der Waals surface area (Å²) in [5, 5.41) is 0. The molecular weight excluding hydrogens is 334 g/mol. The Labute approximate surface area is 55.5 Å². The molecule has 22 valence electrons. The third-order valence-corrected chi connectivity index (χ3v) is 0. The van der Waals surface area contributed by atoms with Gasteiger partial charge in [0, 0.05) is 21.1 Å². The molecule has 0 unspecified atom stereocenters. The first-order valence-corrected chi connectivity index (χ1v) is 1.80. The van der Waals surface area contributed by atoms with E-state index in [0.29, 0.717) is 0 Å². The van der Waals surface area contributed by atoms with Gasteiger partial charge in [-0.2, -0.15) is 7.85 Å². The Balaban J connectivity index is 0. The molecule has 0 N–H and O–H groups in total. The van der Waals surface area contributed by atoms with E-state index in [9.17, 15) is 0 Å². The van der Waals surface area contributed by atoms with Crippen molar-refractivity contribution in [1.82, 2.24) is 0 Å². The molecule has 0 aromatic heterocycles. The van der Waals surface area contributed by atoms with Gasteiger partial charge in [0.05, 0.1) is 0 Å². The quantitative estimate of drug-likeness (QED) is 0.348. The predicted octanol–water partition coefficient (Wildman–Crippen LogP) is 0.707. The van der Waals surface area contributed by atoms with Crippen molar-refractivity contribution in [3.8, 4) is 0 Å². The van der Waals surface area contributed by atoms with Crippen molar-refractivity contribution in [1.29, 1.82) is 0 Å². The van der Waals surface area contributed by atoms with E-state index in [0.717, 1.165) is 0 Å². The van der Waals surface area contributed by atoms with Crippen molar-refractivity contribution >= 4 is 30.4 Å². The van der Waals surface area contributed by atoms with Crippen LogP contribution in [0.25, 0.3) is 0 Å². The van der Waals surface area contributed by atoms with Gasteiger partial charge in [0.1, 0.15) is 0 Å². The molecule has 0 saturated heterocycles. The van der Waals surface area contributed by atoms with Crippen LogP contribution < -0.4 is 0 Å². The summed E-state index contributed by atoms with van der Waals surface area (Å²) in [6, 6.07) is 0. The normalized spacial score (nSPS) is 4.25. The second kappa shape index (κ2) is 8.82. The first-order valence-electron chi connectivity index (χ1n) is 0.552. The smallest absolute Gasteiger partial charge is 0 e. The summed E-state index contributed by atoms with van der Waals surface area (Å²) in [7, 11) is 4.71. The van der Waals surface area contributed by atoms with Crippen LogP contribution in [0.5, 0.6) is 0 Å². The molecule has 3 heteroatoms. The van der Waals surface area contributed by atoms with Gasteiger partial charge in [-0.1, -0.05) is 0 Å². The van der Waals surface area contributed by atoms with Crippen molar-refractivity contribution in [3.05, 3.63) is 4.33 Å². The van der Waals surface area contributed by atoms with E-state index in [2.05, 4.69) is 0 Å². The average molecular weight is 335 g/mol. The van der Waals surface area contributed by atoms with Crippen LogP contribution in [0.4, 0.5) is 0 Å². The molecule has 2 radical (unpaired) electrons. The van der Waals surface area contributed by atoms with Gasteiger partial charge in [0.2, 0.25) is 0 Å². The van der Waals surface area contributed by atoms with Crippen LogP contribution >= 0.6 is 22.6 Å². The molecule has 0 spiro atoms. The molecular formula is CHBIW-. The Bertz CT molecular complexity index is 8.00. The molecule has 0 aromatic carbocycles. The Hall–Kier alpha value is 1.48. The second-order valence-corrected chi connectivity index (χ2v) is 0.845. The minimum Gasteiger partial charge on any atom is -0.323 e. The fourth-order valence-electron chi connectivity index (χ4n) is 0. The minimum atomic E-state index is 0. The summed E-state index contributed by atoms with van der Waals surface area (Å²) < 4.78 is 1.47. The fraction of sp³-hybridized carbons (Fsp3) is 0. The molecule has 0 aliphatic carbocycles. The summed E-state index contributed by atoms with van der Waals surface area (Å²) >= 11 is 1.94. The predicted molar refractivity (Wildman–Crippen MR) is 24.1 cm³/mol. The summed E-state index contributed by atoms with van der Waals surface area (Å²) in [4.78, 5) is 0. The minimum absolute atomic E-state index is 0. The molecule has 0 aliphatic rings. The Kier molecular flexibility index (Phi) is 20.0. The number of halogens is 1. The van der Waals surface area contributed by atoms with Gasteiger partial charge in [0.25, 0.3) is 0 Å². The first-order chi connectivity index (χ1) is 1.41. The Morgan fingerprint density at radius 3 is 1.75 bits per heavy atom. The van der Waals surface area contributed by atoms with Gasteiger partial charge in [-0.15, -0.1) is 0 Å². The van der Waals surface area contributed by atoms with Crippen LogP contribution in [0.15, 0.2) is 0 Å². The van der Waals surface area contributed by atoms with Gasteiger partial charge in [-0.3, -0.25) is 0 Å². The maximum absolute atomic E-state index is 4.71. The SMILES string of the molecule is [B][CH-]I.[W]. The van der Waals surface area contributed by atoms with Crippen LogP contribution in [-0.4, -0.2) is 7.85 Å². The molecule has 0 bridgehead atoms. The van der Waals surface area contributed by atoms with Crippen LogP contribution in [-0.2, 0) is 21.1 Å². The van der Waals surface area contributed by atoms with E-state index < -0.39 is 0 Å². The van der Waals surface area contributed by atoms with E-state index in [1.807, 2.05) is 22.6 Å². The van der Waals surface area contributed by atoms with Crippen LogP contribution in [0.2, 0.25) is 0 Å². The first kappa shape index (κ1) is 9.08. The van der Waals surface area contributed by atoms with Gasteiger partial charge >= 0.3 is 0 Å². The molecule has 0 amide bonds. The van der Waals surface area contributed by atoms with Gasteiger partial charge < -0.3 is 26.9 Å². The third-order valence-electron chi connectivity index (χ3n) is 0. The van der Waals surface area contributed by atoms with E-state index in [1.165, 1.54) is 4.33 Å². The molecule has 0 aromatic rings. The zero-order valence-electron chi connectivity index (χ0n) is 1.94. The van der Waals surface area contributed by atoms with Crippen LogP contribution in [0, 0.1) is 4.33 Å². The Morgan fingerprint density at radius 1 is 1.75 bits per heavy atom. The van der Waals surface area contributed by atoms with Gasteiger partial charge in [-0.05, 0) is 0 Å². The standard InChI is InChI=1S/CHBI.W/c2-1-3;/h1H;/q-1;. The van der Waals surface area contributed by atoms with E-state index in [1.54, 1.807) is 0 Å². The zero-order chi connectivity index (χ0) is 2.71.